The Bertz CT molecular complexity index is 580. The molecule has 28 heavy (non-hydrogen) atoms. The molecule has 0 aromatic heterocycles. The molecule has 4 fully saturated rings. The van der Waals surface area contributed by atoms with Gasteiger partial charge in [0.25, 0.3) is 0 Å². The van der Waals surface area contributed by atoms with Crippen molar-refractivity contribution in [3.05, 3.63) is 0 Å². The number of aliphatic carboxylic acids is 1. The smallest absolute Gasteiger partial charge is 0.550 e. The van der Waals surface area contributed by atoms with Crippen LogP contribution in [-0.2, 0) is 4.79 Å². The molecular formula is C24H39NaO3. The molecule has 0 saturated heterocycles. The van der Waals surface area contributed by atoms with E-state index < -0.39 is 5.97 Å². The van der Waals surface area contributed by atoms with Crippen LogP contribution in [0.3, 0.4) is 0 Å². The predicted molar refractivity (Wildman–Crippen MR) is 105 cm³/mol. The van der Waals surface area contributed by atoms with Crippen molar-refractivity contribution in [2.75, 3.05) is 0 Å². The molecule has 1 unspecified atom stereocenters. The summed E-state index contributed by atoms with van der Waals surface area (Å²) < 4.78 is 0. The van der Waals surface area contributed by atoms with Crippen molar-refractivity contribution in [1.29, 1.82) is 0 Å². The number of hydrogen-bond donors (Lipinski definition) is 1. The van der Waals surface area contributed by atoms with Crippen LogP contribution >= 0.6 is 0 Å². The Morgan fingerprint density at radius 3 is 2.43 bits per heavy atom. The Balaban J connectivity index is 0.00000225. The molecule has 4 saturated carbocycles. The monoisotopic (exact) mass is 398 g/mol. The summed E-state index contributed by atoms with van der Waals surface area (Å²) in [5, 5.41) is 21.1. The maximum Gasteiger partial charge on any atom is 1.00 e. The van der Waals surface area contributed by atoms with E-state index in [1.165, 1.54) is 44.9 Å². The maximum atomic E-state index is 10.9. The predicted octanol–water partition coefficient (Wildman–Crippen LogP) is 1.18. The summed E-state index contributed by atoms with van der Waals surface area (Å²) in [6.45, 7) is 7.38. The number of carbonyl (C=O) groups excluding carboxylic acids is 1. The van der Waals surface area contributed by atoms with E-state index in [2.05, 4.69) is 20.8 Å². The largest absolute Gasteiger partial charge is 1.00 e. The molecule has 4 heteroatoms. The molecule has 0 spiro atoms. The van der Waals surface area contributed by atoms with E-state index in [1.54, 1.807) is 0 Å². The second-order valence-corrected chi connectivity index (χ2v) is 11.2. The van der Waals surface area contributed by atoms with Gasteiger partial charge in [-0.25, -0.2) is 0 Å². The first-order chi connectivity index (χ1) is 12.8. The number of rotatable bonds is 4. The van der Waals surface area contributed by atoms with Gasteiger partial charge in [-0.05, 0) is 117 Å². The number of carbonyl (C=O) groups is 1. The van der Waals surface area contributed by atoms with Crippen molar-refractivity contribution in [1.82, 2.24) is 0 Å². The molecule has 0 aromatic carbocycles. The second-order valence-electron chi connectivity index (χ2n) is 11.2. The second kappa shape index (κ2) is 8.52. The zero-order valence-electron chi connectivity index (χ0n) is 18.6. The van der Waals surface area contributed by atoms with Crippen LogP contribution < -0.4 is 34.7 Å². The molecular weight excluding hydrogens is 359 g/mol. The summed E-state index contributed by atoms with van der Waals surface area (Å²) >= 11 is 0. The molecule has 0 radical (unpaired) electrons. The van der Waals surface area contributed by atoms with Crippen molar-refractivity contribution in [2.45, 2.75) is 97.5 Å². The molecule has 9 atom stereocenters. The van der Waals surface area contributed by atoms with Gasteiger partial charge in [0, 0.05) is 5.97 Å². The van der Waals surface area contributed by atoms with Gasteiger partial charge in [-0.15, -0.1) is 0 Å². The molecule has 0 heterocycles. The van der Waals surface area contributed by atoms with Crippen molar-refractivity contribution >= 4 is 5.97 Å². The number of aliphatic hydroxyl groups is 1. The first-order valence-electron chi connectivity index (χ1n) is 11.6. The van der Waals surface area contributed by atoms with Crippen molar-refractivity contribution < 1.29 is 44.6 Å². The van der Waals surface area contributed by atoms with Crippen LogP contribution in [0.1, 0.15) is 91.4 Å². The van der Waals surface area contributed by atoms with E-state index >= 15 is 0 Å². The first-order valence-corrected chi connectivity index (χ1v) is 11.6. The Morgan fingerprint density at radius 1 is 1.04 bits per heavy atom. The van der Waals surface area contributed by atoms with E-state index in [4.69, 9.17) is 0 Å². The Labute approximate surface area is 193 Å². The molecule has 3 nitrogen and oxygen atoms in total. The van der Waals surface area contributed by atoms with Gasteiger partial charge in [0.05, 0.1) is 6.10 Å². The molecule has 1 N–H and O–H groups in total. The van der Waals surface area contributed by atoms with Gasteiger partial charge in [-0.2, -0.15) is 0 Å². The standard InChI is InChI=1S/C24H40O3.Na/c1-15(4-9-22(26)27)19-7-8-20-18-6-5-16-14-17(25)10-12-23(16,2)21(18)11-13-24(19,20)3;/h15-21,25H,4-14H2,1-3H3,(H,26,27);/q;+1/p-1/t15-,16?,17-,18+,19-,20+,21+,23+,24-;/m1./s1. The number of carboxylic acid groups (broad SMARTS) is 1. The SMILES string of the molecule is C[C@H](CCC(=O)[O-])[C@H]1CC[C@H]2[C@@H]3CCC4C[C@H](O)CC[C@]4(C)[C@H]3CC[C@]12C.[Na+]. The number of fused-ring (bicyclic) bond motifs is 5. The van der Waals surface area contributed by atoms with Gasteiger partial charge in [0.2, 0.25) is 0 Å². The fourth-order valence-electron chi connectivity index (χ4n) is 8.76. The fraction of sp³-hybridized carbons (Fsp3) is 0.958. The third-order valence-electron chi connectivity index (χ3n) is 10.2. The number of carboxylic acids is 1. The first kappa shape index (κ1) is 23.1. The molecule has 0 amide bonds. The molecule has 0 aromatic rings. The van der Waals surface area contributed by atoms with Crippen molar-refractivity contribution in [2.24, 2.45) is 46.3 Å². The summed E-state index contributed by atoms with van der Waals surface area (Å²) in [6.07, 6.45) is 12.2. The Kier molecular flexibility index (Phi) is 7.03. The molecule has 0 bridgehead atoms. The van der Waals surface area contributed by atoms with Crippen LogP contribution in [-0.4, -0.2) is 17.2 Å². The summed E-state index contributed by atoms with van der Waals surface area (Å²) in [5.41, 5.74) is 0.853. The zero-order valence-corrected chi connectivity index (χ0v) is 20.6. The molecule has 154 valence electrons. The number of hydrogen-bond acceptors (Lipinski definition) is 3. The maximum absolute atomic E-state index is 10.9. The van der Waals surface area contributed by atoms with Gasteiger partial charge in [-0.3, -0.25) is 0 Å². The summed E-state index contributed by atoms with van der Waals surface area (Å²) in [7, 11) is 0. The number of aliphatic hydroxyl groups excluding tert-OH is 1. The van der Waals surface area contributed by atoms with Gasteiger partial charge < -0.3 is 15.0 Å². The van der Waals surface area contributed by atoms with Crippen molar-refractivity contribution in [3.8, 4) is 0 Å². The molecule has 4 rings (SSSR count). The van der Waals surface area contributed by atoms with Crippen LogP contribution in [0.4, 0.5) is 0 Å². The van der Waals surface area contributed by atoms with E-state index in [1.807, 2.05) is 0 Å². The van der Waals surface area contributed by atoms with Crippen LogP contribution in [0.15, 0.2) is 0 Å². The average molecular weight is 399 g/mol. The summed E-state index contributed by atoms with van der Waals surface area (Å²) in [4.78, 5) is 10.9. The van der Waals surface area contributed by atoms with Crippen LogP contribution in [0, 0.1) is 46.3 Å². The third kappa shape index (κ3) is 3.76. The van der Waals surface area contributed by atoms with Crippen LogP contribution in [0.2, 0.25) is 0 Å². The quantitative estimate of drug-likeness (QED) is 0.724. The van der Waals surface area contributed by atoms with Gasteiger partial charge in [0.15, 0.2) is 0 Å². The Hall–Kier alpha value is 0.430. The van der Waals surface area contributed by atoms with Gasteiger partial charge in [-0.1, -0.05) is 20.8 Å². The average Bonchev–Trinajstić information content (AvgIpc) is 2.97. The van der Waals surface area contributed by atoms with Crippen molar-refractivity contribution in [3.63, 3.8) is 0 Å². The molecule has 4 aliphatic rings. The summed E-state index contributed by atoms with van der Waals surface area (Å²) in [6, 6.07) is 0. The topological polar surface area (TPSA) is 60.4 Å². The van der Waals surface area contributed by atoms with E-state index in [0.29, 0.717) is 22.7 Å². The van der Waals surface area contributed by atoms with Crippen LogP contribution in [0.5, 0.6) is 0 Å². The van der Waals surface area contributed by atoms with E-state index in [-0.39, 0.29) is 42.1 Å². The minimum absolute atomic E-state index is 0. The Morgan fingerprint density at radius 2 is 1.71 bits per heavy atom. The van der Waals surface area contributed by atoms with Crippen LogP contribution in [0.25, 0.3) is 0 Å². The van der Waals surface area contributed by atoms with Gasteiger partial charge in [0.1, 0.15) is 0 Å². The summed E-state index contributed by atoms with van der Waals surface area (Å²) in [5.74, 6) is 3.55. The van der Waals surface area contributed by atoms with E-state index in [0.717, 1.165) is 42.9 Å². The zero-order chi connectivity index (χ0) is 19.4. The molecule has 0 aliphatic heterocycles. The normalized spacial score (nSPS) is 48.6. The van der Waals surface area contributed by atoms with E-state index in [9.17, 15) is 15.0 Å². The van der Waals surface area contributed by atoms with Gasteiger partial charge >= 0.3 is 29.6 Å². The third-order valence-corrected chi connectivity index (χ3v) is 10.2. The molecule has 4 aliphatic carbocycles. The fourth-order valence-corrected chi connectivity index (χ4v) is 8.76. The minimum Gasteiger partial charge on any atom is -0.550 e. The minimum atomic E-state index is -0.893.